The fraction of sp³-hybridized carbons (Fsp3) is 0.950. The van der Waals surface area contributed by atoms with Crippen LogP contribution < -0.4 is 0 Å². The lowest BCUT2D eigenvalue weighted by Gasteiger charge is -2.44. The van der Waals surface area contributed by atoms with E-state index in [-0.39, 0.29) is 0 Å². The van der Waals surface area contributed by atoms with Gasteiger partial charge >= 0.3 is 0 Å². The minimum absolute atomic E-state index is 0.482. The first-order chi connectivity index (χ1) is 19.1. The second-order valence-corrected chi connectivity index (χ2v) is 18.7. The number of hydrogen-bond donors (Lipinski definition) is 0. The molecule has 6 aliphatic carbocycles. The van der Waals surface area contributed by atoms with E-state index in [1.54, 1.807) is 57.8 Å². The molecule has 6 saturated carbocycles. The van der Waals surface area contributed by atoms with Crippen molar-refractivity contribution >= 4 is 0 Å². The number of rotatable bonds is 6. The van der Waals surface area contributed by atoms with Crippen LogP contribution in [-0.2, 0) is 0 Å². The van der Waals surface area contributed by atoms with Gasteiger partial charge in [-0.3, -0.25) is 0 Å². The Morgan fingerprint density at radius 3 is 1.43 bits per heavy atom. The highest BCUT2D eigenvalue weighted by Gasteiger charge is 2.58. The third-order valence-corrected chi connectivity index (χ3v) is 15.2. The summed E-state index contributed by atoms with van der Waals surface area (Å²) in [5.41, 5.74) is 0.963. The van der Waals surface area contributed by atoms with Gasteiger partial charge in [-0.25, -0.2) is 0 Å². The quantitative estimate of drug-likeness (QED) is 0.289. The molecule has 0 spiro atoms. The Morgan fingerprint density at radius 2 is 1.00 bits per heavy atom. The summed E-state index contributed by atoms with van der Waals surface area (Å²) in [6.07, 6.45) is 28.3. The SMILES string of the molecule is C=CCCC(CC1C2CC(C(C)(C)C)CCC2C2CCC(C(C)(C)C)CC21)C1C2CCCCC2C2CCCCC21. The molecule has 0 nitrogen and oxygen atoms in total. The predicted molar refractivity (Wildman–Crippen MR) is 173 cm³/mol. The van der Waals surface area contributed by atoms with Crippen LogP contribution in [0, 0.1) is 87.8 Å². The van der Waals surface area contributed by atoms with Crippen molar-refractivity contribution < 1.29 is 0 Å². The summed E-state index contributed by atoms with van der Waals surface area (Å²) < 4.78 is 0. The van der Waals surface area contributed by atoms with Crippen molar-refractivity contribution in [3.63, 3.8) is 0 Å². The van der Waals surface area contributed by atoms with E-state index in [2.05, 4.69) is 54.2 Å². The Balaban J connectivity index is 1.32. The molecule has 0 bridgehead atoms. The summed E-state index contributed by atoms with van der Waals surface area (Å²) >= 11 is 0. The van der Waals surface area contributed by atoms with Gasteiger partial charge in [0.15, 0.2) is 0 Å². The molecule has 6 fully saturated rings. The van der Waals surface area contributed by atoms with E-state index in [9.17, 15) is 0 Å². The summed E-state index contributed by atoms with van der Waals surface area (Å²) in [6.45, 7) is 19.6. The van der Waals surface area contributed by atoms with Crippen LogP contribution in [0.5, 0.6) is 0 Å². The molecule has 6 aliphatic rings. The molecular formula is C40H68. The second kappa shape index (κ2) is 11.7. The molecule has 0 aliphatic heterocycles. The van der Waals surface area contributed by atoms with E-state index >= 15 is 0 Å². The molecule has 0 saturated heterocycles. The molecule has 40 heavy (non-hydrogen) atoms. The van der Waals surface area contributed by atoms with Gasteiger partial charge in [0.1, 0.15) is 0 Å². The average molecular weight is 549 g/mol. The zero-order valence-corrected chi connectivity index (χ0v) is 27.8. The molecule has 0 aromatic rings. The van der Waals surface area contributed by atoms with Crippen LogP contribution in [0.15, 0.2) is 12.7 Å². The highest BCUT2D eigenvalue weighted by Crippen LogP contribution is 2.65. The Bertz CT molecular complexity index is 792. The van der Waals surface area contributed by atoms with E-state index in [1.165, 1.54) is 51.4 Å². The number of hydrogen-bond acceptors (Lipinski definition) is 0. The van der Waals surface area contributed by atoms with Crippen LogP contribution in [0.2, 0.25) is 0 Å². The molecule has 11 atom stereocenters. The lowest BCUT2D eigenvalue weighted by Crippen LogP contribution is -2.35. The zero-order chi connectivity index (χ0) is 28.2. The van der Waals surface area contributed by atoms with Crippen molar-refractivity contribution in [1.82, 2.24) is 0 Å². The van der Waals surface area contributed by atoms with Crippen molar-refractivity contribution in [3.8, 4) is 0 Å². The average Bonchev–Trinajstić information content (AvgIpc) is 3.42. The van der Waals surface area contributed by atoms with Crippen LogP contribution in [-0.4, -0.2) is 0 Å². The summed E-state index contributed by atoms with van der Waals surface area (Å²) in [6, 6.07) is 0. The van der Waals surface area contributed by atoms with Gasteiger partial charge in [0.05, 0.1) is 0 Å². The van der Waals surface area contributed by atoms with Crippen LogP contribution in [0.25, 0.3) is 0 Å². The van der Waals surface area contributed by atoms with Crippen molar-refractivity contribution in [2.75, 3.05) is 0 Å². The first-order valence-corrected chi connectivity index (χ1v) is 18.7. The maximum atomic E-state index is 4.26. The van der Waals surface area contributed by atoms with Gasteiger partial charge in [-0.2, -0.15) is 0 Å². The minimum Gasteiger partial charge on any atom is -0.103 e. The van der Waals surface area contributed by atoms with Crippen molar-refractivity contribution in [2.45, 2.75) is 151 Å². The van der Waals surface area contributed by atoms with E-state index in [4.69, 9.17) is 0 Å². The molecule has 228 valence electrons. The topological polar surface area (TPSA) is 0 Å². The fourth-order valence-electron chi connectivity index (χ4n) is 13.3. The molecule has 0 aromatic carbocycles. The largest absolute Gasteiger partial charge is 0.103 e. The van der Waals surface area contributed by atoms with Gasteiger partial charge in [-0.1, -0.05) is 73.3 Å². The van der Waals surface area contributed by atoms with Gasteiger partial charge < -0.3 is 0 Å². The maximum Gasteiger partial charge on any atom is -0.0323 e. The maximum absolute atomic E-state index is 4.26. The van der Waals surface area contributed by atoms with Gasteiger partial charge in [-0.05, 0) is 171 Å². The van der Waals surface area contributed by atoms with E-state index < -0.39 is 0 Å². The number of fused-ring (bicyclic) bond motifs is 6. The van der Waals surface area contributed by atoms with Crippen molar-refractivity contribution in [1.29, 1.82) is 0 Å². The molecular weight excluding hydrogens is 480 g/mol. The summed E-state index contributed by atoms with van der Waals surface area (Å²) in [5, 5.41) is 0. The molecule has 0 radical (unpaired) electrons. The van der Waals surface area contributed by atoms with Crippen LogP contribution in [0.4, 0.5) is 0 Å². The highest BCUT2D eigenvalue weighted by molar-refractivity contribution is 5.07. The Labute approximate surface area is 250 Å². The fourth-order valence-corrected chi connectivity index (χ4v) is 13.3. The molecule has 0 heteroatoms. The summed E-state index contributed by atoms with van der Waals surface area (Å²) in [4.78, 5) is 0. The predicted octanol–water partition coefficient (Wildman–Crippen LogP) is 12.0. The van der Waals surface area contributed by atoms with E-state index in [0.717, 1.165) is 76.9 Å². The summed E-state index contributed by atoms with van der Waals surface area (Å²) in [7, 11) is 0. The molecule has 11 unspecified atom stereocenters. The van der Waals surface area contributed by atoms with Crippen molar-refractivity contribution in [3.05, 3.63) is 12.7 Å². The zero-order valence-electron chi connectivity index (χ0n) is 27.8. The second-order valence-electron chi connectivity index (χ2n) is 18.7. The molecule has 0 N–H and O–H groups in total. The third kappa shape index (κ3) is 5.56. The number of allylic oxidation sites excluding steroid dienone is 1. The van der Waals surface area contributed by atoms with Gasteiger partial charge in [0, 0.05) is 0 Å². The van der Waals surface area contributed by atoms with Gasteiger partial charge in [0.2, 0.25) is 0 Å². The van der Waals surface area contributed by atoms with Gasteiger partial charge in [0.25, 0.3) is 0 Å². The highest BCUT2D eigenvalue weighted by atomic mass is 14.6. The van der Waals surface area contributed by atoms with E-state index in [0.29, 0.717) is 10.8 Å². The van der Waals surface area contributed by atoms with E-state index in [1.807, 2.05) is 0 Å². The Kier molecular flexibility index (Phi) is 8.70. The van der Waals surface area contributed by atoms with Crippen LogP contribution >= 0.6 is 0 Å². The first-order valence-electron chi connectivity index (χ1n) is 18.7. The molecule has 0 aromatic heterocycles. The minimum atomic E-state index is 0.482. The molecule has 0 heterocycles. The van der Waals surface area contributed by atoms with Gasteiger partial charge in [-0.15, -0.1) is 6.58 Å². The monoisotopic (exact) mass is 549 g/mol. The summed E-state index contributed by atoms with van der Waals surface area (Å²) in [5.74, 6) is 13.5. The molecule has 0 amide bonds. The Hall–Kier alpha value is -0.260. The normalized spacial score (nSPS) is 46.1. The lowest BCUT2D eigenvalue weighted by atomic mass is 9.61. The Morgan fingerprint density at radius 1 is 0.575 bits per heavy atom. The van der Waals surface area contributed by atoms with Crippen LogP contribution in [0.3, 0.4) is 0 Å². The first kappa shape index (κ1) is 29.8. The van der Waals surface area contributed by atoms with Crippen LogP contribution in [0.1, 0.15) is 151 Å². The lowest BCUT2D eigenvalue weighted by molar-refractivity contribution is 0.0581. The third-order valence-electron chi connectivity index (χ3n) is 15.2. The smallest absolute Gasteiger partial charge is 0.0323 e. The van der Waals surface area contributed by atoms with Crippen molar-refractivity contribution in [2.24, 2.45) is 87.8 Å². The molecule has 6 rings (SSSR count). The standard InChI is InChI=1S/C40H68/c1-8-9-14-26(38-33-17-12-10-15-29(33)30-16-11-13-18-34(30)38)23-35-36-24-27(39(2,3)4)19-21-31(36)32-22-20-28(25-37(32)35)40(5,6)7/h8,26-38H,1,9-25H2,2-7H3.